The van der Waals surface area contributed by atoms with Crippen molar-refractivity contribution in [3.8, 4) is 11.5 Å². The summed E-state index contributed by atoms with van der Waals surface area (Å²) >= 11 is 0. The van der Waals surface area contributed by atoms with Gasteiger partial charge in [0, 0.05) is 25.8 Å². The van der Waals surface area contributed by atoms with Crippen molar-refractivity contribution in [3.05, 3.63) is 23.8 Å². The lowest BCUT2D eigenvalue weighted by Gasteiger charge is -2.24. The molecule has 0 saturated carbocycles. The zero-order chi connectivity index (χ0) is 14.4. The van der Waals surface area contributed by atoms with Gasteiger partial charge < -0.3 is 19.8 Å². The number of rotatable bonds is 6. The van der Waals surface area contributed by atoms with Crippen LogP contribution in [-0.2, 0) is 4.74 Å². The van der Waals surface area contributed by atoms with Crippen LogP contribution in [0.4, 0.5) is 0 Å². The lowest BCUT2D eigenvalue weighted by Crippen LogP contribution is -2.36. The highest BCUT2D eigenvalue weighted by Crippen LogP contribution is 2.25. The monoisotopic (exact) mass is 267 g/mol. The van der Waals surface area contributed by atoms with Crippen LogP contribution in [0.2, 0.25) is 0 Å². The second kappa shape index (κ2) is 6.99. The average Bonchev–Trinajstić information content (AvgIpc) is 2.36. The number of phenolic OH excluding ortho intramolecular Hbond substituents is 2. The maximum Gasteiger partial charge on any atom is 0.254 e. The van der Waals surface area contributed by atoms with E-state index < -0.39 is 0 Å². The maximum absolute atomic E-state index is 12.3. The fourth-order valence-corrected chi connectivity index (χ4v) is 1.76. The molecule has 0 saturated heterocycles. The van der Waals surface area contributed by atoms with Crippen molar-refractivity contribution >= 4 is 5.91 Å². The molecule has 0 aliphatic heterocycles. The van der Waals surface area contributed by atoms with Gasteiger partial charge in [0.05, 0.1) is 6.61 Å². The molecule has 1 amide bonds. The van der Waals surface area contributed by atoms with E-state index in [4.69, 9.17) is 4.74 Å². The minimum atomic E-state index is -0.290. The number of methoxy groups -OCH3 is 1. The molecule has 0 spiro atoms. The van der Waals surface area contributed by atoms with Gasteiger partial charge in [0.2, 0.25) is 0 Å². The van der Waals surface area contributed by atoms with E-state index in [-0.39, 0.29) is 17.4 Å². The normalized spacial score (nSPS) is 10.7. The molecule has 0 aliphatic carbocycles. The van der Waals surface area contributed by atoms with Crippen molar-refractivity contribution < 1.29 is 19.7 Å². The minimum Gasteiger partial charge on any atom is -0.504 e. The lowest BCUT2D eigenvalue weighted by molar-refractivity contribution is 0.0672. The zero-order valence-electron chi connectivity index (χ0n) is 11.6. The summed E-state index contributed by atoms with van der Waals surface area (Å²) in [7, 11) is 1.59. The highest BCUT2D eigenvalue weighted by molar-refractivity contribution is 5.94. The Morgan fingerprint density at radius 3 is 2.53 bits per heavy atom. The third-order valence-corrected chi connectivity index (χ3v) is 2.66. The Morgan fingerprint density at radius 2 is 2.00 bits per heavy atom. The summed E-state index contributed by atoms with van der Waals surface area (Å²) in [5, 5.41) is 18.7. The van der Waals surface area contributed by atoms with Gasteiger partial charge in [0.15, 0.2) is 11.5 Å². The van der Waals surface area contributed by atoms with Gasteiger partial charge >= 0.3 is 0 Å². The van der Waals surface area contributed by atoms with Crippen molar-refractivity contribution in [2.75, 3.05) is 26.8 Å². The average molecular weight is 267 g/mol. The SMILES string of the molecule is COCCN(CC(C)C)C(=O)c1ccc(O)c(O)c1. The first kappa shape index (κ1) is 15.3. The summed E-state index contributed by atoms with van der Waals surface area (Å²) in [4.78, 5) is 14.0. The molecule has 2 N–H and O–H groups in total. The Bertz CT molecular complexity index is 431. The van der Waals surface area contributed by atoms with Crippen LogP contribution in [-0.4, -0.2) is 47.8 Å². The fraction of sp³-hybridized carbons (Fsp3) is 0.500. The van der Waals surface area contributed by atoms with Crippen LogP contribution in [0.3, 0.4) is 0 Å². The van der Waals surface area contributed by atoms with E-state index in [9.17, 15) is 15.0 Å². The first-order valence-electron chi connectivity index (χ1n) is 6.26. The van der Waals surface area contributed by atoms with Gasteiger partial charge in [-0.15, -0.1) is 0 Å². The second-order valence-electron chi connectivity index (χ2n) is 4.84. The molecule has 19 heavy (non-hydrogen) atoms. The number of carbonyl (C=O) groups excluding carboxylic acids is 1. The Balaban J connectivity index is 2.87. The summed E-state index contributed by atoms with van der Waals surface area (Å²) < 4.78 is 5.00. The molecule has 1 aromatic rings. The summed E-state index contributed by atoms with van der Waals surface area (Å²) in [6.45, 7) is 5.63. The van der Waals surface area contributed by atoms with E-state index in [0.29, 0.717) is 31.2 Å². The number of amides is 1. The maximum atomic E-state index is 12.3. The van der Waals surface area contributed by atoms with E-state index in [1.807, 2.05) is 13.8 Å². The van der Waals surface area contributed by atoms with Gasteiger partial charge in [-0.25, -0.2) is 0 Å². The van der Waals surface area contributed by atoms with Gasteiger partial charge in [0.25, 0.3) is 5.91 Å². The van der Waals surface area contributed by atoms with Crippen LogP contribution in [0.1, 0.15) is 24.2 Å². The quantitative estimate of drug-likeness (QED) is 0.772. The summed E-state index contributed by atoms with van der Waals surface area (Å²) in [5.74, 6) is -0.362. The van der Waals surface area contributed by atoms with Crippen LogP contribution in [0.25, 0.3) is 0 Å². The van der Waals surface area contributed by atoms with E-state index >= 15 is 0 Å². The number of phenols is 2. The molecule has 0 heterocycles. The Morgan fingerprint density at radius 1 is 1.32 bits per heavy atom. The first-order chi connectivity index (χ1) is 8.95. The third kappa shape index (κ3) is 4.44. The highest BCUT2D eigenvalue weighted by Gasteiger charge is 2.17. The van der Waals surface area contributed by atoms with E-state index in [0.717, 1.165) is 0 Å². The van der Waals surface area contributed by atoms with Gasteiger partial charge in [-0.2, -0.15) is 0 Å². The largest absolute Gasteiger partial charge is 0.504 e. The van der Waals surface area contributed by atoms with Crippen molar-refractivity contribution in [1.82, 2.24) is 4.90 Å². The van der Waals surface area contributed by atoms with Crippen molar-refractivity contribution in [2.24, 2.45) is 5.92 Å². The molecule has 0 unspecified atom stereocenters. The molecule has 5 nitrogen and oxygen atoms in total. The van der Waals surface area contributed by atoms with Crippen LogP contribution in [0.15, 0.2) is 18.2 Å². The van der Waals surface area contributed by atoms with Gasteiger partial charge in [0.1, 0.15) is 0 Å². The minimum absolute atomic E-state index is 0.180. The summed E-state index contributed by atoms with van der Waals surface area (Å²) in [6.07, 6.45) is 0. The Labute approximate surface area is 113 Å². The first-order valence-corrected chi connectivity index (χ1v) is 6.26. The van der Waals surface area contributed by atoms with Crippen LogP contribution in [0.5, 0.6) is 11.5 Å². The lowest BCUT2D eigenvalue weighted by atomic mass is 10.1. The highest BCUT2D eigenvalue weighted by atomic mass is 16.5. The van der Waals surface area contributed by atoms with Crippen molar-refractivity contribution in [2.45, 2.75) is 13.8 Å². The van der Waals surface area contributed by atoms with Gasteiger partial charge in [-0.05, 0) is 24.1 Å². The third-order valence-electron chi connectivity index (χ3n) is 2.66. The molecule has 0 fully saturated rings. The molecule has 1 aromatic carbocycles. The number of benzene rings is 1. The summed E-state index contributed by atoms with van der Waals surface area (Å²) in [6, 6.07) is 4.09. The van der Waals surface area contributed by atoms with Gasteiger partial charge in [-0.1, -0.05) is 13.8 Å². The number of aromatic hydroxyl groups is 2. The molecule has 106 valence electrons. The number of hydrogen-bond acceptors (Lipinski definition) is 4. The smallest absolute Gasteiger partial charge is 0.254 e. The molecule has 0 bridgehead atoms. The fourth-order valence-electron chi connectivity index (χ4n) is 1.76. The van der Waals surface area contributed by atoms with E-state index in [2.05, 4.69) is 0 Å². The molecule has 0 radical (unpaired) electrons. The predicted octanol–water partition coefficient (Wildman–Crippen LogP) is 1.84. The molecule has 0 aliphatic rings. The number of ether oxygens (including phenoxy) is 1. The molecule has 0 atom stereocenters. The topological polar surface area (TPSA) is 70.0 Å². The van der Waals surface area contributed by atoms with Crippen molar-refractivity contribution in [3.63, 3.8) is 0 Å². The zero-order valence-corrected chi connectivity index (χ0v) is 11.6. The van der Waals surface area contributed by atoms with Crippen molar-refractivity contribution in [1.29, 1.82) is 0 Å². The number of hydrogen-bond donors (Lipinski definition) is 2. The van der Waals surface area contributed by atoms with E-state index in [1.165, 1.54) is 18.2 Å². The standard InChI is InChI=1S/C14H21NO4/c1-10(2)9-15(6-7-19-3)14(18)11-4-5-12(16)13(17)8-11/h4-5,8,10,16-17H,6-7,9H2,1-3H3. The molecule has 0 aromatic heterocycles. The van der Waals surface area contributed by atoms with Crippen LogP contribution in [0, 0.1) is 5.92 Å². The van der Waals surface area contributed by atoms with Crippen LogP contribution >= 0.6 is 0 Å². The molecule has 1 rings (SSSR count). The van der Waals surface area contributed by atoms with Gasteiger partial charge in [-0.3, -0.25) is 4.79 Å². The van der Waals surface area contributed by atoms with Crippen LogP contribution < -0.4 is 0 Å². The number of carbonyl (C=O) groups is 1. The molecule has 5 heteroatoms. The Hall–Kier alpha value is -1.75. The predicted molar refractivity (Wildman–Crippen MR) is 72.4 cm³/mol. The Kier molecular flexibility index (Phi) is 5.63. The number of nitrogens with zero attached hydrogens (tertiary/aromatic N) is 1. The molecular weight excluding hydrogens is 246 g/mol. The van der Waals surface area contributed by atoms with E-state index in [1.54, 1.807) is 12.0 Å². The summed E-state index contributed by atoms with van der Waals surface area (Å²) in [5.41, 5.74) is 0.354. The second-order valence-corrected chi connectivity index (χ2v) is 4.84. The molecular formula is C14H21NO4.